The van der Waals surface area contributed by atoms with Crippen molar-refractivity contribution in [3.8, 4) is 0 Å². The lowest BCUT2D eigenvalue weighted by atomic mass is 9.27. The van der Waals surface area contributed by atoms with Gasteiger partial charge in [0.2, 0.25) is 6.71 Å². The zero-order chi connectivity index (χ0) is 18.9. The van der Waals surface area contributed by atoms with Gasteiger partial charge in [0, 0.05) is 21.9 Å². The zero-order valence-corrected chi connectivity index (χ0v) is 17.1. The summed E-state index contributed by atoms with van der Waals surface area (Å²) < 4.78 is 0. The van der Waals surface area contributed by atoms with Crippen LogP contribution in [0.5, 0.6) is 0 Å². The fourth-order valence-electron chi connectivity index (χ4n) is 3.49. The van der Waals surface area contributed by atoms with E-state index in [1.54, 1.807) is 0 Å². The number of pyridine rings is 1. The summed E-state index contributed by atoms with van der Waals surface area (Å²) in [5, 5.41) is 1.32. The van der Waals surface area contributed by atoms with Crippen LogP contribution in [0.2, 0.25) is 10.0 Å². The maximum atomic E-state index is 6.46. The van der Waals surface area contributed by atoms with Crippen molar-refractivity contribution in [3.05, 3.63) is 87.7 Å². The molecule has 1 nitrogen and oxygen atoms in total. The molecule has 0 N–H and O–H groups in total. The lowest BCUT2D eigenvalue weighted by Gasteiger charge is -2.32. The molecule has 0 amide bonds. The molecule has 0 saturated carbocycles. The standard InChI is InChI=1S/C22H22BCl2N/c1-15-8-10-17(13-19(15)24)23(18-11-9-16(2)20(25)14-18)22(3,4)21-7-5-6-12-26-21/h5-14H,1-4H3. The molecule has 0 unspecified atom stereocenters. The summed E-state index contributed by atoms with van der Waals surface area (Å²) in [5.41, 5.74) is 5.52. The lowest BCUT2D eigenvalue weighted by molar-refractivity contribution is 0.714. The van der Waals surface area contributed by atoms with Crippen LogP contribution in [0.3, 0.4) is 0 Å². The van der Waals surface area contributed by atoms with Gasteiger partial charge in [0.25, 0.3) is 0 Å². The van der Waals surface area contributed by atoms with E-state index >= 15 is 0 Å². The first-order chi connectivity index (χ1) is 12.3. The van der Waals surface area contributed by atoms with Crippen molar-refractivity contribution < 1.29 is 0 Å². The Morgan fingerprint density at radius 1 is 0.808 bits per heavy atom. The summed E-state index contributed by atoms with van der Waals surface area (Å²) in [5.74, 6) is 0. The Balaban J connectivity index is 2.21. The van der Waals surface area contributed by atoms with Gasteiger partial charge >= 0.3 is 0 Å². The van der Waals surface area contributed by atoms with Crippen LogP contribution in [0.4, 0.5) is 0 Å². The van der Waals surface area contributed by atoms with E-state index in [0.29, 0.717) is 0 Å². The fourth-order valence-corrected chi connectivity index (χ4v) is 3.87. The second-order valence-corrected chi connectivity index (χ2v) is 8.20. The summed E-state index contributed by atoms with van der Waals surface area (Å²) in [7, 11) is 0. The highest BCUT2D eigenvalue weighted by molar-refractivity contribution is 6.87. The molecular weight excluding hydrogens is 360 g/mol. The molecule has 0 aliphatic heterocycles. The van der Waals surface area contributed by atoms with Crippen LogP contribution in [0.25, 0.3) is 0 Å². The van der Waals surface area contributed by atoms with Gasteiger partial charge in [-0.1, -0.05) is 78.3 Å². The van der Waals surface area contributed by atoms with E-state index < -0.39 is 0 Å². The van der Waals surface area contributed by atoms with Crippen LogP contribution in [0.15, 0.2) is 60.8 Å². The van der Waals surface area contributed by atoms with E-state index in [2.05, 4.69) is 61.3 Å². The van der Waals surface area contributed by atoms with Gasteiger partial charge in [0.05, 0.1) is 0 Å². The Kier molecular flexibility index (Phi) is 5.46. The number of hydrogen-bond acceptors (Lipinski definition) is 1. The quantitative estimate of drug-likeness (QED) is 0.570. The molecule has 132 valence electrons. The third-order valence-corrected chi connectivity index (χ3v) is 5.92. The van der Waals surface area contributed by atoms with Crippen molar-refractivity contribution in [1.82, 2.24) is 4.98 Å². The molecule has 0 saturated heterocycles. The van der Waals surface area contributed by atoms with Gasteiger partial charge in [-0.3, -0.25) is 4.98 Å². The Labute approximate surface area is 166 Å². The van der Waals surface area contributed by atoms with E-state index in [9.17, 15) is 0 Å². The molecule has 0 aliphatic carbocycles. The molecule has 2 aromatic carbocycles. The van der Waals surface area contributed by atoms with E-state index in [4.69, 9.17) is 23.2 Å². The van der Waals surface area contributed by atoms with Crippen molar-refractivity contribution in [3.63, 3.8) is 0 Å². The van der Waals surface area contributed by atoms with Crippen molar-refractivity contribution in [1.29, 1.82) is 0 Å². The summed E-state index contributed by atoms with van der Waals surface area (Å²) in [4.78, 5) is 4.64. The van der Waals surface area contributed by atoms with E-state index in [0.717, 1.165) is 37.8 Å². The van der Waals surface area contributed by atoms with Crippen LogP contribution in [0.1, 0.15) is 30.7 Å². The highest BCUT2D eigenvalue weighted by Gasteiger charge is 2.38. The molecule has 1 heterocycles. The average molecular weight is 382 g/mol. The maximum absolute atomic E-state index is 6.46. The van der Waals surface area contributed by atoms with Crippen LogP contribution in [-0.2, 0) is 5.31 Å². The summed E-state index contributed by atoms with van der Waals surface area (Å²) in [6.45, 7) is 8.57. The fraction of sp³-hybridized carbons (Fsp3) is 0.227. The molecular formula is C22H22BCl2N. The molecule has 0 atom stereocenters. The van der Waals surface area contributed by atoms with Crippen molar-refractivity contribution in [2.24, 2.45) is 0 Å². The van der Waals surface area contributed by atoms with Crippen LogP contribution in [-0.4, -0.2) is 11.7 Å². The predicted octanol–water partition coefficient (Wildman–Crippen LogP) is 5.13. The molecule has 0 spiro atoms. The van der Waals surface area contributed by atoms with Crippen LogP contribution < -0.4 is 10.9 Å². The maximum Gasteiger partial charge on any atom is 0.221 e. The molecule has 3 aromatic rings. The number of halogens is 2. The smallest absolute Gasteiger partial charge is 0.221 e. The van der Waals surface area contributed by atoms with Gasteiger partial charge in [-0.15, -0.1) is 0 Å². The van der Waals surface area contributed by atoms with Crippen molar-refractivity contribution in [2.45, 2.75) is 33.0 Å². The zero-order valence-electron chi connectivity index (χ0n) is 15.6. The number of aromatic nitrogens is 1. The topological polar surface area (TPSA) is 12.9 Å². The Morgan fingerprint density at radius 2 is 1.35 bits per heavy atom. The Morgan fingerprint density at radius 3 is 1.77 bits per heavy atom. The normalized spacial score (nSPS) is 11.5. The van der Waals surface area contributed by atoms with Gasteiger partial charge in [-0.25, -0.2) is 0 Å². The van der Waals surface area contributed by atoms with Crippen LogP contribution >= 0.6 is 23.2 Å². The molecule has 26 heavy (non-hydrogen) atoms. The minimum atomic E-state index is -0.238. The van der Waals surface area contributed by atoms with Crippen LogP contribution in [0, 0.1) is 13.8 Å². The van der Waals surface area contributed by atoms with Gasteiger partial charge in [0.1, 0.15) is 0 Å². The summed E-state index contributed by atoms with van der Waals surface area (Å²) in [6.07, 6.45) is 1.85. The van der Waals surface area contributed by atoms with E-state index in [1.807, 2.05) is 32.2 Å². The Bertz CT molecular complexity index is 871. The first-order valence-electron chi connectivity index (χ1n) is 8.74. The summed E-state index contributed by atoms with van der Waals surface area (Å²) >= 11 is 12.9. The second-order valence-electron chi connectivity index (χ2n) is 7.39. The minimum Gasteiger partial charge on any atom is -0.261 e. The molecule has 4 heteroatoms. The van der Waals surface area contributed by atoms with E-state index in [-0.39, 0.29) is 12.0 Å². The van der Waals surface area contributed by atoms with Gasteiger partial charge in [0.15, 0.2) is 0 Å². The molecule has 0 aliphatic rings. The number of nitrogens with zero attached hydrogens (tertiary/aromatic N) is 1. The average Bonchev–Trinajstić information content (AvgIpc) is 2.62. The SMILES string of the molecule is Cc1ccc(B(c2ccc(C)c(Cl)c2)C(C)(C)c2ccccn2)cc1Cl. The number of benzene rings is 2. The van der Waals surface area contributed by atoms with Gasteiger partial charge in [-0.05, 0) is 54.6 Å². The molecule has 1 aromatic heterocycles. The number of rotatable bonds is 4. The Hall–Kier alpha value is -1.77. The first-order valence-corrected chi connectivity index (χ1v) is 9.50. The van der Waals surface area contributed by atoms with E-state index in [1.165, 1.54) is 0 Å². The molecule has 0 fully saturated rings. The predicted molar refractivity (Wildman–Crippen MR) is 115 cm³/mol. The largest absolute Gasteiger partial charge is 0.261 e. The second kappa shape index (κ2) is 7.46. The van der Waals surface area contributed by atoms with Crippen molar-refractivity contribution in [2.75, 3.05) is 0 Å². The monoisotopic (exact) mass is 381 g/mol. The van der Waals surface area contributed by atoms with Crippen molar-refractivity contribution >= 4 is 40.8 Å². The number of hydrogen-bond donors (Lipinski definition) is 0. The summed E-state index contributed by atoms with van der Waals surface area (Å²) in [6, 6.07) is 18.7. The third-order valence-electron chi connectivity index (χ3n) is 5.11. The highest BCUT2D eigenvalue weighted by atomic mass is 35.5. The lowest BCUT2D eigenvalue weighted by Crippen LogP contribution is -2.56. The minimum absolute atomic E-state index is 0.0774. The third kappa shape index (κ3) is 3.67. The number of aryl methyl sites for hydroxylation is 2. The molecule has 0 radical (unpaired) electrons. The molecule has 0 bridgehead atoms. The first kappa shape index (κ1) is 19.0. The molecule has 3 rings (SSSR count). The highest BCUT2D eigenvalue weighted by Crippen LogP contribution is 2.26. The van der Waals surface area contributed by atoms with Gasteiger partial charge in [-0.2, -0.15) is 0 Å². The van der Waals surface area contributed by atoms with Gasteiger partial charge < -0.3 is 0 Å².